The minimum absolute atomic E-state index is 0.0728. The number of carbonyl (C=O) groups excluding carboxylic acids is 2. The topological polar surface area (TPSA) is 130 Å². The second-order valence-electron chi connectivity index (χ2n) is 3.96. The largest absolute Gasteiger partial charge is 0.480 e. The van der Waals surface area contributed by atoms with Crippen LogP contribution in [0.1, 0.15) is 13.3 Å². The predicted octanol–water partition coefficient (Wildman–Crippen LogP) is -2.08. The first-order valence-corrected chi connectivity index (χ1v) is 5.52. The Bertz CT molecular complexity index is 358. The molecule has 0 aromatic rings. The molecule has 0 aliphatic carbocycles. The fourth-order valence-electron chi connectivity index (χ4n) is 1.80. The number of aliphatic hydroxyl groups excluding tert-OH is 1. The fraction of sp³-hybridized carbons (Fsp3) is 0.700. The van der Waals surface area contributed by atoms with Crippen molar-refractivity contribution < 1.29 is 29.3 Å². The van der Waals surface area contributed by atoms with Crippen LogP contribution in [0, 0.1) is 0 Å². The van der Waals surface area contributed by atoms with Gasteiger partial charge in [0, 0.05) is 13.0 Å². The number of hydrogen-bond donors (Lipinski definition) is 3. The summed E-state index contributed by atoms with van der Waals surface area (Å²) in [5, 5.41) is 18.3. The lowest BCUT2D eigenvalue weighted by molar-refractivity contribution is -0.155. The van der Waals surface area contributed by atoms with Gasteiger partial charge in [0.05, 0.1) is 12.7 Å². The molecule has 1 saturated heterocycles. The molecule has 0 aromatic carbocycles. The highest BCUT2D eigenvalue weighted by Gasteiger charge is 2.42. The van der Waals surface area contributed by atoms with Gasteiger partial charge in [-0.3, -0.25) is 4.79 Å². The highest BCUT2D eigenvalue weighted by molar-refractivity contribution is 6.03. The number of hydrogen-bond acceptors (Lipinski definition) is 6. The first-order valence-electron chi connectivity index (χ1n) is 5.52. The minimum atomic E-state index is -1.56. The summed E-state index contributed by atoms with van der Waals surface area (Å²) in [5.41, 5.74) is 5.39. The Morgan fingerprint density at radius 1 is 1.50 bits per heavy atom. The molecule has 0 aromatic heterocycles. The van der Waals surface area contributed by atoms with Crippen molar-refractivity contribution in [2.24, 2.45) is 5.73 Å². The molecule has 1 amide bonds. The van der Waals surface area contributed by atoms with E-state index in [0.717, 1.165) is 4.90 Å². The van der Waals surface area contributed by atoms with Gasteiger partial charge in [-0.2, -0.15) is 0 Å². The Balaban J connectivity index is 2.76. The third-order valence-corrected chi connectivity index (χ3v) is 2.65. The first kappa shape index (κ1) is 14.4. The van der Waals surface area contributed by atoms with Crippen molar-refractivity contribution in [3.63, 3.8) is 0 Å². The Morgan fingerprint density at radius 2 is 2.11 bits per heavy atom. The molecule has 0 bridgehead atoms. The SMILES string of the molecule is CCOC(=O)C(N)C(=O)N1C[C@H](O)C[C@@H]1C(=O)O. The minimum Gasteiger partial charge on any atom is -0.480 e. The molecule has 3 atom stereocenters. The van der Waals surface area contributed by atoms with Gasteiger partial charge in [-0.15, -0.1) is 0 Å². The molecule has 8 nitrogen and oxygen atoms in total. The van der Waals surface area contributed by atoms with Crippen LogP contribution in [0.5, 0.6) is 0 Å². The van der Waals surface area contributed by atoms with E-state index in [-0.39, 0.29) is 19.6 Å². The zero-order valence-electron chi connectivity index (χ0n) is 9.91. The number of amides is 1. The van der Waals surface area contributed by atoms with Crippen LogP contribution in [-0.2, 0) is 19.1 Å². The Labute approximate surface area is 103 Å². The third-order valence-electron chi connectivity index (χ3n) is 2.65. The number of carbonyl (C=O) groups is 3. The number of aliphatic hydroxyl groups is 1. The first-order chi connectivity index (χ1) is 8.38. The van der Waals surface area contributed by atoms with E-state index in [2.05, 4.69) is 4.74 Å². The van der Waals surface area contributed by atoms with Gasteiger partial charge in [-0.25, -0.2) is 9.59 Å². The van der Waals surface area contributed by atoms with Crippen molar-refractivity contribution in [1.82, 2.24) is 4.90 Å². The van der Waals surface area contributed by atoms with Crippen LogP contribution in [0.2, 0.25) is 0 Å². The van der Waals surface area contributed by atoms with Crippen LogP contribution in [0.15, 0.2) is 0 Å². The Hall–Kier alpha value is -1.67. The van der Waals surface area contributed by atoms with E-state index in [9.17, 15) is 19.5 Å². The Kier molecular flexibility index (Phi) is 4.62. The Morgan fingerprint density at radius 3 is 2.61 bits per heavy atom. The highest BCUT2D eigenvalue weighted by Crippen LogP contribution is 2.19. The lowest BCUT2D eigenvalue weighted by Crippen LogP contribution is -2.52. The van der Waals surface area contributed by atoms with E-state index >= 15 is 0 Å². The van der Waals surface area contributed by atoms with Crippen LogP contribution in [0.4, 0.5) is 0 Å². The number of β-amino-alcohol motifs (C(OH)–C–C–N with tert-alkyl or cyclic N) is 1. The van der Waals surface area contributed by atoms with E-state index in [4.69, 9.17) is 10.8 Å². The van der Waals surface area contributed by atoms with Gasteiger partial charge < -0.3 is 25.6 Å². The molecule has 4 N–H and O–H groups in total. The second-order valence-corrected chi connectivity index (χ2v) is 3.96. The number of carboxylic acid groups (broad SMARTS) is 1. The maximum Gasteiger partial charge on any atom is 0.332 e. The predicted molar refractivity (Wildman–Crippen MR) is 58.4 cm³/mol. The van der Waals surface area contributed by atoms with Crippen molar-refractivity contribution in [2.45, 2.75) is 31.5 Å². The molecule has 0 radical (unpaired) electrons. The molecular weight excluding hydrogens is 244 g/mol. The van der Waals surface area contributed by atoms with Crippen molar-refractivity contribution in [3.8, 4) is 0 Å². The van der Waals surface area contributed by atoms with Crippen molar-refractivity contribution in [3.05, 3.63) is 0 Å². The van der Waals surface area contributed by atoms with E-state index < -0.39 is 36.0 Å². The molecule has 1 rings (SSSR count). The van der Waals surface area contributed by atoms with Gasteiger partial charge in [-0.1, -0.05) is 0 Å². The van der Waals surface area contributed by atoms with E-state index in [1.54, 1.807) is 6.92 Å². The summed E-state index contributed by atoms with van der Waals surface area (Å²) in [7, 11) is 0. The van der Waals surface area contributed by atoms with Gasteiger partial charge >= 0.3 is 11.9 Å². The van der Waals surface area contributed by atoms with Gasteiger partial charge in [0.25, 0.3) is 5.91 Å². The lowest BCUT2D eigenvalue weighted by atomic mass is 10.2. The number of ether oxygens (including phenoxy) is 1. The maximum atomic E-state index is 11.8. The van der Waals surface area contributed by atoms with Gasteiger partial charge in [-0.05, 0) is 6.92 Å². The van der Waals surface area contributed by atoms with Crippen molar-refractivity contribution in [2.75, 3.05) is 13.2 Å². The smallest absolute Gasteiger partial charge is 0.332 e. The third kappa shape index (κ3) is 2.96. The van der Waals surface area contributed by atoms with E-state index in [1.165, 1.54) is 0 Å². The average molecular weight is 260 g/mol. The second kappa shape index (κ2) is 5.78. The number of esters is 1. The molecule has 0 saturated carbocycles. The molecule has 18 heavy (non-hydrogen) atoms. The monoisotopic (exact) mass is 260 g/mol. The zero-order chi connectivity index (χ0) is 13.9. The fourth-order valence-corrected chi connectivity index (χ4v) is 1.80. The molecule has 1 heterocycles. The summed E-state index contributed by atoms with van der Waals surface area (Å²) in [6.45, 7) is 1.49. The average Bonchev–Trinajstić information content (AvgIpc) is 2.69. The maximum absolute atomic E-state index is 11.8. The van der Waals surface area contributed by atoms with Crippen LogP contribution < -0.4 is 5.73 Å². The molecule has 1 fully saturated rings. The zero-order valence-corrected chi connectivity index (χ0v) is 9.91. The molecule has 1 aliphatic heterocycles. The summed E-state index contributed by atoms with van der Waals surface area (Å²) in [4.78, 5) is 35.0. The standard InChI is InChI=1S/C10H16N2O6/c1-2-18-10(17)7(11)8(14)12-4-5(13)3-6(12)9(15)16/h5-7,13H,2-4,11H2,1H3,(H,15,16)/t5-,6-,7?/m1/s1. The summed E-state index contributed by atoms with van der Waals surface area (Å²) in [6, 6.07) is -2.72. The van der Waals surface area contributed by atoms with Gasteiger partial charge in [0.15, 0.2) is 6.04 Å². The van der Waals surface area contributed by atoms with Crippen molar-refractivity contribution >= 4 is 17.8 Å². The summed E-state index contributed by atoms with van der Waals surface area (Å²) in [6.07, 6.45) is -0.999. The molecule has 0 spiro atoms. The summed E-state index contributed by atoms with van der Waals surface area (Å²) < 4.78 is 4.59. The van der Waals surface area contributed by atoms with Gasteiger partial charge in [0.2, 0.25) is 0 Å². The summed E-state index contributed by atoms with van der Waals surface area (Å²) >= 11 is 0. The molecule has 8 heteroatoms. The van der Waals surface area contributed by atoms with Crippen LogP contribution in [0.3, 0.4) is 0 Å². The van der Waals surface area contributed by atoms with E-state index in [0.29, 0.717) is 0 Å². The van der Waals surface area contributed by atoms with E-state index in [1.807, 2.05) is 0 Å². The molecule has 1 unspecified atom stereocenters. The van der Waals surface area contributed by atoms with Crippen LogP contribution in [0.25, 0.3) is 0 Å². The number of nitrogens with two attached hydrogens (primary N) is 1. The summed E-state index contributed by atoms with van der Waals surface area (Å²) in [5.74, 6) is -3.00. The normalized spacial score (nSPS) is 24.7. The number of likely N-dealkylation sites (tertiary alicyclic amines) is 1. The molecule has 102 valence electrons. The quantitative estimate of drug-likeness (QED) is 0.390. The van der Waals surface area contributed by atoms with Crippen molar-refractivity contribution in [1.29, 1.82) is 0 Å². The highest BCUT2D eigenvalue weighted by atomic mass is 16.5. The molecular formula is C10H16N2O6. The van der Waals surface area contributed by atoms with Crippen LogP contribution in [-0.4, -0.2) is 64.3 Å². The number of rotatable bonds is 4. The number of aliphatic carboxylic acids is 1. The number of nitrogens with zero attached hydrogens (tertiary/aromatic N) is 1. The number of carboxylic acids is 1. The van der Waals surface area contributed by atoms with Gasteiger partial charge in [0.1, 0.15) is 6.04 Å². The van der Waals surface area contributed by atoms with Crippen LogP contribution >= 0.6 is 0 Å². The molecule has 1 aliphatic rings. The lowest BCUT2D eigenvalue weighted by Gasteiger charge is -2.23.